The monoisotopic (exact) mass is 256 g/mol. The lowest BCUT2D eigenvalue weighted by molar-refractivity contribution is 0.416. The van der Waals surface area contributed by atoms with E-state index in [1.807, 2.05) is 44.4 Å². The zero-order valence-electron chi connectivity index (χ0n) is 11.2. The minimum Gasteiger partial charge on any atom is -0.495 e. The molecule has 1 heterocycles. The van der Waals surface area contributed by atoms with E-state index in [0.29, 0.717) is 5.75 Å². The minimum absolute atomic E-state index is 0.454. The van der Waals surface area contributed by atoms with Crippen molar-refractivity contribution >= 4 is 5.69 Å². The molecule has 2 aromatic rings. The number of nitrogens with one attached hydrogen (secondary N) is 1. The summed E-state index contributed by atoms with van der Waals surface area (Å²) in [4.78, 5) is 0. The molecule has 0 amide bonds. The fourth-order valence-corrected chi connectivity index (χ4v) is 2.00. The van der Waals surface area contributed by atoms with Crippen LogP contribution in [0.25, 0.3) is 0 Å². The Morgan fingerprint density at radius 2 is 2.16 bits per heavy atom. The van der Waals surface area contributed by atoms with E-state index in [9.17, 15) is 5.26 Å². The van der Waals surface area contributed by atoms with Crippen LogP contribution in [0.4, 0.5) is 5.69 Å². The Morgan fingerprint density at radius 1 is 1.42 bits per heavy atom. The van der Waals surface area contributed by atoms with Gasteiger partial charge in [-0.25, -0.2) is 0 Å². The summed E-state index contributed by atoms with van der Waals surface area (Å²) in [6.45, 7) is 1.89. The molecule has 0 saturated heterocycles. The van der Waals surface area contributed by atoms with Gasteiger partial charge in [0.1, 0.15) is 11.8 Å². The third kappa shape index (κ3) is 2.68. The Hall–Kier alpha value is -2.48. The van der Waals surface area contributed by atoms with Crippen molar-refractivity contribution < 1.29 is 4.74 Å². The third-order valence-corrected chi connectivity index (χ3v) is 2.90. The fourth-order valence-electron chi connectivity index (χ4n) is 2.00. The number of aryl methyl sites for hydroxylation is 2. The average molecular weight is 256 g/mol. The van der Waals surface area contributed by atoms with Crippen LogP contribution in [0.15, 0.2) is 30.5 Å². The van der Waals surface area contributed by atoms with Crippen molar-refractivity contribution in [2.75, 3.05) is 12.4 Å². The van der Waals surface area contributed by atoms with Gasteiger partial charge in [-0.3, -0.25) is 4.68 Å². The second-order valence-corrected chi connectivity index (χ2v) is 4.25. The zero-order valence-corrected chi connectivity index (χ0v) is 11.2. The molecule has 5 nitrogen and oxygen atoms in total. The van der Waals surface area contributed by atoms with Crippen molar-refractivity contribution in [3.8, 4) is 11.8 Å². The number of anilines is 1. The van der Waals surface area contributed by atoms with Crippen LogP contribution >= 0.6 is 0 Å². The molecule has 0 spiro atoms. The van der Waals surface area contributed by atoms with E-state index in [1.165, 1.54) is 0 Å². The van der Waals surface area contributed by atoms with Crippen LogP contribution in [0.5, 0.6) is 5.75 Å². The van der Waals surface area contributed by atoms with E-state index in [1.54, 1.807) is 11.8 Å². The van der Waals surface area contributed by atoms with Gasteiger partial charge in [-0.15, -0.1) is 0 Å². The first-order valence-corrected chi connectivity index (χ1v) is 5.95. The van der Waals surface area contributed by atoms with E-state index in [-0.39, 0.29) is 0 Å². The first-order valence-electron chi connectivity index (χ1n) is 5.95. The van der Waals surface area contributed by atoms with Gasteiger partial charge < -0.3 is 10.1 Å². The summed E-state index contributed by atoms with van der Waals surface area (Å²) in [6.07, 6.45) is 1.85. The summed E-state index contributed by atoms with van der Waals surface area (Å²) in [5, 5.41) is 16.8. The van der Waals surface area contributed by atoms with Crippen molar-refractivity contribution in [3.05, 3.63) is 41.7 Å². The molecule has 19 heavy (non-hydrogen) atoms. The Bertz CT molecular complexity index is 612. The van der Waals surface area contributed by atoms with E-state index in [0.717, 1.165) is 16.9 Å². The number of rotatable bonds is 4. The Labute approximate surface area is 112 Å². The number of para-hydroxylation sites is 2. The van der Waals surface area contributed by atoms with Crippen LogP contribution in [-0.2, 0) is 7.05 Å². The maximum atomic E-state index is 9.35. The first-order chi connectivity index (χ1) is 9.15. The molecular weight excluding hydrogens is 240 g/mol. The second kappa shape index (κ2) is 5.44. The van der Waals surface area contributed by atoms with Gasteiger partial charge >= 0.3 is 0 Å². The zero-order chi connectivity index (χ0) is 13.8. The number of nitrogens with zero attached hydrogens (tertiary/aromatic N) is 3. The number of methoxy groups -OCH3 is 1. The number of hydrogen-bond donors (Lipinski definition) is 1. The molecule has 2 rings (SSSR count). The highest BCUT2D eigenvalue weighted by Gasteiger charge is 2.17. The maximum Gasteiger partial charge on any atom is 0.143 e. The SMILES string of the molecule is COc1ccccc1NC(C#N)c1cn(C)nc1C. The smallest absolute Gasteiger partial charge is 0.143 e. The molecule has 98 valence electrons. The summed E-state index contributed by atoms with van der Waals surface area (Å²) in [5.74, 6) is 0.712. The molecule has 1 unspecified atom stereocenters. The van der Waals surface area contributed by atoms with Crippen molar-refractivity contribution in [2.45, 2.75) is 13.0 Å². The van der Waals surface area contributed by atoms with Crippen molar-refractivity contribution in [2.24, 2.45) is 7.05 Å². The predicted octanol–water partition coefficient (Wildman–Crippen LogP) is 2.41. The Balaban J connectivity index is 2.30. The lowest BCUT2D eigenvalue weighted by Crippen LogP contribution is -2.09. The molecule has 0 radical (unpaired) electrons. The van der Waals surface area contributed by atoms with Gasteiger partial charge in [0, 0.05) is 18.8 Å². The molecule has 1 aromatic heterocycles. The third-order valence-electron chi connectivity index (χ3n) is 2.90. The van der Waals surface area contributed by atoms with Crippen LogP contribution in [0.1, 0.15) is 17.3 Å². The fraction of sp³-hybridized carbons (Fsp3) is 0.286. The van der Waals surface area contributed by atoms with Gasteiger partial charge in [-0.1, -0.05) is 12.1 Å². The molecular formula is C14H16N4O. The highest BCUT2D eigenvalue weighted by atomic mass is 16.5. The van der Waals surface area contributed by atoms with Crippen molar-refractivity contribution in [1.29, 1.82) is 5.26 Å². The normalized spacial score (nSPS) is 11.7. The number of nitriles is 1. The van der Waals surface area contributed by atoms with E-state index >= 15 is 0 Å². The average Bonchev–Trinajstić information content (AvgIpc) is 2.75. The maximum absolute atomic E-state index is 9.35. The Morgan fingerprint density at radius 3 is 2.74 bits per heavy atom. The standard InChI is InChI=1S/C14H16N4O/c1-10-11(9-18(2)17-10)13(8-15)16-12-6-4-5-7-14(12)19-3/h4-7,9,13,16H,1-3H3. The van der Waals surface area contributed by atoms with Gasteiger partial charge in [0.05, 0.1) is 24.6 Å². The predicted molar refractivity (Wildman–Crippen MR) is 72.9 cm³/mol. The molecule has 0 aliphatic carbocycles. The lowest BCUT2D eigenvalue weighted by atomic mass is 10.1. The van der Waals surface area contributed by atoms with Crippen molar-refractivity contribution in [1.82, 2.24) is 9.78 Å². The number of benzene rings is 1. The summed E-state index contributed by atoms with van der Waals surface area (Å²) in [7, 11) is 3.45. The minimum atomic E-state index is -0.454. The summed E-state index contributed by atoms with van der Waals surface area (Å²) in [6, 6.07) is 9.32. The molecule has 5 heteroatoms. The quantitative estimate of drug-likeness (QED) is 0.912. The lowest BCUT2D eigenvalue weighted by Gasteiger charge is -2.15. The number of hydrogen-bond acceptors (Lipinski definition) is 4. The molecule has 1 atom stereocenters. The van der Waals surface area contributed by atoms with Gasteiger partial charge in [0.25, 0.3) is 0 Å². The highest BCUT2D eigenvalue weighted by Crippen LogP contribution is 2.28. The van der Waals surface area contributed by atoms with Crippen LogP contribution in [0, 0.1) is 18.3 Å². The molecule has 0 aliphatic rings. The number of ether oxygens (including phenoxy) is 1. The summed E-state index contributed by atoms with van der Waals surface area (Å²) in [5.41, 5.74) is 2.51. The molecule has 0 aliphatic heterocycles. The molecule has 1 aromatic carbocycles. The highest BCUT2D eigenvalue weighted by molar-refractivity contribution is 5.58. The van der Waals surface area contributed by atoms with Gasteiger partial charge in [-0.05, 0) is 19.1 Å². The first kappa shape index (κ1) is 13.0. The topological polar surface area (TPSA) is 62.9 Å². The van der Waals surface area contributed by atoms with Gasteiger partial charge in [-0.2, -0.15) is 10.4 Å². The second-order valence-electron chi connectivity index (χ2n) is 4.25. The van der Waals surface area contributed by atoms with Crippen LogP contribution < -0.4 is 10.1 Å². The van der Waals surface area contributed by atoms with Crippen molar-refractivity contribution in [3.63, 3.8) is 0 Å². The Kier molecular flexibility index (Phi) is 3.71. The van der Waals surface area contributed by atoms with E-state index in [2.05, 4.69) is 16.5 Å². The van der Waals surface area contributed by atoms with E-state index in [4.69, 9.17) is 4.74 Å². The van der Waals surface area contributed by atoms with Crippen LogP contribution in [-0.4, -0.2) is 16.9 Å². The molecule has 0 fully saturated rings. The largest absolute Gasteiger partial charge is 0.495 e. The summed E-state index contributed by atoms with van der Waals surface area (Å²) < 4.78 is 6.98. The van der Waals surface area contributed by atoms with Gasteiger partial charge in [0.15, 0.2) is 0 Å². The van der Waals surface area contributed by atoms with Crippen LogP contribution in [0.3, 0.4) is 0 Å². The van der Waals surface area contributed by atoms with Gasteiger partial charge in [0.2, 0.25) is 0 Å². The van der Waals surface area contributed by atoms with Crippen LogP contribution in [0.2, 0.25) is 0 Å². The number of aromatic nitrogens is 2. The van der Waals surface area contributed by atoms with E-state index < -0.39 is 6.04 Å². The molecule has 0 bridgehead atoms. The summed E-state index contributed by atoms with van der Waals surface area (Å²) >= 11 is 0. The molecule has 1 N–H and O–H groups in total. The molecule has 0 saturated carbocycles.